The van der Waals surface area contributed by atoms with Crippen LogP contribution < -0.4 is 21.3 Å². The van der Waals surface area contributed by atoms with Gasteiger partial charge >= 0.3 is 0 Å². The highest BCUT2D eigenvalue weighted by atomic mass is 16.1. The molecular weight excluding hydrogens is 460 g/mol. The topological polar surface area (TPSA) is 75.1 Å². The van der Waals surface area contributed by atoms with Gasteiger partial charge < -0.3 is 15.5 Å². The molecular formula is C30H42N6O. The first kappa shape index (κ1) is 28.1. The van der Waals surface area contributed by atoms with Crippen LogP contribution in [-0.2, 0) is 0 Å². The molecule has 1 heterocycles. The fourth-order valence-electron chi connectivity index (χ4n) is 4.70. The second kappa shape index (κ2) is 13.7. The summed E-state index contributed by atoms with van der Waals surface area (Å²) < 4.78 is 1.66. The molecule has 0 saturated carbocycles. The van der Waals surface area contributed by atoms with Gasteiger partial charge in [0.25, 0.3) is 5.91 Å². The highest BCUT2D eigenvalue weighted by molar-refractivity contribution is 5.94. The van der Waals surface area contributed by atoms with E-state index in [2.05, 4.69) is 58.9 Å². The van der Waals surface area contributed by atoms with E-state index in [0.717, 1.165) is 41.7 Å². The molecule has 0 saturated heterocycles. The smallest absolute Gasteiger partial charge is 0.251 e. The maximum atomic E-state index is 12.2. The molecule has 7 heteroatoms. The molecule has 2 aliphatic carbocycles. The van der Waals surface area contributed by atoms with E-state index in [0.29, 0.717) is 12.1 Å². The molecule has 0 fully saturated rings. The SMILES string of the molecule is C=C(C)NC1=CC2=C(CCC2)CC1.C=c1/c(=C\C)nnn1-c1ccc(C(=O)NCCN(CC)CC)cc1. The third-order valence-corrected chi connectivity index (χ3v) is 6.85. The molecule has 2 aromatic rings. The number of nitrogens with zero attached hydrogens (tertiary/aromatic N) is 4. The number of benzene rings is 1. The van der Waals surface area contributed by atoms with Crippen molar-refractivity contribution >= 4 is 18.6 Å². The molecule has 4 rings (SSSR count). The number of aromatic nitrogens is 3. The Balaban J connectivity index is 0.000000244. The van der Waals surface area contributed by atoms with E-state index in [1.54, 1.807) is 28.0 Å². The van der Waals surface area contributed by atoms with Crippen molar-refractivity contribution in [2.45, 2.75) is 59.8 Å². The van der Waals surface area contributed by atoms with Crippen LogP contribution in [0.1, 0.15) is 70.2 Å². The minimum absolute atomic E-state index is 0.0651. The van der Waals surface area contributed by atoms with Crippen LogP contribution in [0.3, 0.4) is 0 Å². The zero-order valence-corrected chi connectivity index (χ0v) is 22.9. The first-order valence-electron chi connectivity index (χ1n) is 13.4. The van der Waals surface area contributed by atoms with Gasteiger partial charge in [0.1, 0.15) is 5.35 Å². The molecule has 0 bridgehead atoms. The van der Waals surface area contributed by atoms with Gasteiger partial charge in [0.05, 0.1) is 11.0 Å². The lowest BCUT2D eigenvalue weighted by molar-refractivity contribution is 0.0949. The van der Waals surface area contributed by atoms with E-state index in [1.807, 2.05) is 32.1 Å². The molecule has 0 atom stereocenters. The molecule has 0 spiro atoms. The Morgan fingerprint density at radius 1 is 1.14 bits per heavy atom. The molecule has 0 unspecified atom stereocenters. The fraction of sp³-hybridized carbons (Fsp3) is 0.433. The number of rotatable bonds is 9. The summed E-state index contributed by atoms with van der Waals surface area (Å²) in [4.78, 5) is 14.5. The average Bonchev–Trinajstić information content (AvgIpc) is 3.52. The van der Waals surface area contributed by atoms with E-state index >= 15 is 0 Å². The second-order valence-electron chi connectivity index (χ2n) is 9.51. The number of carbonyl (C=O) groups excluding carboxylic acids is 1. The average molecular weight is 503 g/mol. The number of hydrogen-bond donors (Lipinski definition) is 2. The molecule has 1 aromatic heterocycles. The van der Waals surface area contributed by atoms with Crippen LogP contribution in [0.5, 0.6) is 0 Å². The summed E-state index contributed by atoms with van der Waals surface area (Å²) in [6, 6.07) is 7.28. The van der Waals surface area contributed by atoms with Crippen molar-refractivity contribution in [1.29, 1.82) is 0 Å². The van der Waals surface area contributed by atoms with Crippen molar-refractivity contribution in [2.75, 3.05) is 26.2 Å². The van der Waals surface area contributed by atoms with Gasteiger partial charge in [-0.2, -0.15) is 0 Å². The summed E-state index contributed by atoms with van der Waals surface area (Å²) >= 11 is 0. The van der Waals surface area contributed by atoms with Crippen molar-refractivity contribution < 1.29 is 4.79 Å². The van der Waals surface area contributed by atoms with Crippen LogP contribution in [0, 0.1) is 0 Å². The quantitative estimate of drug-likeness (QED) is 0.545. The Morgan fingerprint density at radius 2 is 1.86 bits per heavy atom. The van der Waals surface area contributed by atoms with Crippen molar-refractivity contribution in [3.63, 3.8) is 0 Å². The van der Waals surface area contributed by atoms with E-state index in [9.17, 15) is 4.79 Å². The molecule has 1 aromatic carbocycles. The van der Waals surface area contributed by atoms with Gasteiger partial charge in [0.15, 0.2) is 0 Å². The molecule has 0 aliphatic heterocycles. The predicted molar refractivity (Wildman–Crippen MR) is 153 cm³/mol. The zero-order valence-electron chi connectivity index (χ0n) is 22.9. The predicted octanol–water partition coefficient (Wildman–Crippen LogP) is 3.82. The summed E-state index contributed by atoms with van der Waals surface area (Å²) in [5.74, 6) is -0.0651. The number of allylic oxidation sites excluding steroid dienone is 5. The van der Waals surface area contributed by atoms with Crippen molar-refractivity contribution in [3.05, 3.63) is 75.7 Å². The Kier molecular flexibility index (Phi) is 10.4. The number of amides is 1. The summed E-state index contributed by atoms with van der Waals surface area (Å²) in [7, 11) is 0. The molecule has 0 radical (unpaired) electrons. The first-order valence-corrected chi connectivity index (χ1v) is 13.4. The molecule has 2 aliphatic rings. The molecule has 37 heavy (non-hydrogen) atoms. The minimum Gasteiger partial charge on any atom is -0.363 e. The Bertz CT molecular complexity index is 1250. The van der Waals surface area contributed by atoms with Crippen LogP contribution in [0.4, 0.5) is 0 Å². The Hall–Kier alpha value is -3.45. The lowest BCUT2D eigenvalue weighted by Gasteiger charge is -2.17. The lowest BCUT2D eigenvalue weighted by Crippen LogP contribution is -2.34. The van der Waals surface area contributed by atoms with Gasteiger partial charge in [-0.25, -0.2) is 4.68 Å². The molecule has 198 valence electrons. The summed E-state index contributed by atoms with van der Waals surface area (Å²) in [6.07, 6.45) is 10.6. The van der Waals surface area contributed by atoms with E-state index < -0.39 is 0 Å². The van der Waals surface area contributed by atoms with Gasteiger partial charge in [-0.15, -0.1) is 5.10 Å². The molecule has 7 nitrogen and oxygen atoms in total. The lowest BCUT2D eigenvalue weighted by atomic mass is 9.98. The third-order valence-electron chi connectivity index (χ3n) is 6.85. The van der Waals surface area contributed by atoms with Crippen molar-refractivity contribution in [2.24, 2.45) is 0 Å². The van der Waals surface area contributed by atoms with Gasteiger partial charge in [-0.05, 0) is 95.0 Å². The van der Waals surface area contributed by atoms with Gasteiger partial charge in [0.2, 0.25) is 0 Å². The zero-order chi connectivity index (χ0) is 26.8. The largest absolute Gasteiger partial charge is 0.363 e. The highest BCUT2D eigenvalue weighted by Crippen LogP contribution is 2.35. The first-order chi connectivity index (χ1) is 17.9. The molecule has 1 amide bonds. The maximum Gasteiger partial charge on any atom is 0.251 e. The normalized spacial score (nSPS) is 15.2. The second-order valence-corrected chi connectivity index (χ2v) is 9.51. The summed E-state index contributed by atoms with van der Waals surface area (Å²) in [6.45, 7) is 19.5. The van der Waals surface area contributed by atoms with Gasteiger partial charge in [0, 0.05) is 30.0 Å². The van der Waals surface area contributed by atoms with E-state index in [-0.39, 0.29) is 5.91 Å². The number of hydrogen-bond acceptors (Lipinski definition) is 5. The standard InChI is InChI=1S/C18H25N5O.C12H17N/c1-5-17-14(4)23(21-20-17)16-10-8-15(9-11-16)18(24)19-12-13-22(6-2)7-3;1-9(2)13-12-7-6-10-4-3-5-11(10)8-12/h5,8-11H,4,6-7,12-13H2,1-3H3,(H,19,24);8,13H,1,3-7H2,2H3/b17-5+;. The van der Waals surface area contributed by atoms with Crippen LogP contribution in [-0.4, -0.2) is 52.0 Å². The van der Waals surface area contributed by atoms with Gasteiger partial charge in [-0.3, -0.25) is 4.79 Å². The third kappa shape index (κ3) is 7.76. The van der Waals surface area contributed by atoms with Crippen molar-refractivity contribution in [1.82, 2.24) is 30.5 Å². The van der Waals surface area contributed by atoms with Crippen LogP contribution >= 0.6 is 0 Å². The summed E-state index contributed by atoms with van der Waals surface area (Å²) in [5, 5.41) is 15.9. The maximum absolute atomic E-state index is 12.2. The Morgan fingerprint density at radius 3 is 2.49 bits per heavy atom. The Labute approximate surface area is 221 Å². The molecule has 2 N–H and O–H groups in total. The number of carbonyl (C=O) groups is 1. The van der Waals surface area contributed by atoms with E-state index in [4.69, 9.17) is 0 Å². The van der Waals surface area contributed by atoms with E-state index in [1.165, 1.54) is 37.8 Å². The number of likely N-dealkylation sites (N-methyl/N-ethyl adjacent to an activating group) is 1. The highest BCUT2D eigenvalue weighted by Gasteiger charge is 2.17. The van der Waals surface area contributed by atoms with Gasteiger partial charge in [-0.1, -0.05) is 43.9 Å². The van der Waals surface area contributed by atoms with Crippen LogP contribution in [0.15, 0.2) is 59.5 Å². The van der Waals surface area contributed by atoms with Crippen LogP contribution in [0.2, 0.25) is 0 Å². The number of nitrogens with one attached hydrogen (secondary N) is 2. The monoisotopic (exact) mass is 502 g/mol. The van der Waals surface area contributed by atoms with Crippen LogP contribution in [0.25, 0.3) is 18.3 Å². The van der Waals surface area contributed by atoms with Crippen molar-refractivity contribution in [3.8, 4) is 5.69 Å². The summed E-state index contributed by atoms with van der Waals surface area (Å²) in [5.41, 5.74) is 7.16. The fourth-order valence-corrected chi connectivity index (χ4v) is 4.70. The minimum atomic E-state index is -0.0651.